The van der Waals surface area contributed by atoms with Crippen LogP contribution in [0, 0.1) is 18.5 Å². The lowest BCUT2D eigenvalue weighted by Gasteiger charge is -2.01. The molecular formula is C10H10N2S2. The number of hydrogen-bond donors (Lipinski definition) is 1. The number of nitrogens with zero attached hydrogens (tertiary/aromatic N) is 1. The second-order valence-electron chi connectivity index (χ2n) is 3.11. The molecule has 2 aromatic rings. The summed E-state index contributed by atoms with van der Waals surface area (Å²) in [5.74, 6) is 0.859. The zero-order valence-corrected chi connectivity index (χ0v) is 9.63. The molecule has 0 atom stereocenters. The average molecular weight is 222 g/mol. The van der Waals surface area contributed by atoms with E-state index in [9.17, 15) is 0 Å². The number of thiophene rings is 1. The molecule has 72 valence electrons. The van der Waals surface area contributed by atoms with Gasteiger partial charge >= 0.3 is 0 Å². The lowest BCUT2D eigenvalue weighted by Crippen LogP contribution is -1.91. The van der Waals surface area contributed by atoms with Crippen molar-refractivity contribution in [3.63, 3.8) is 0 Å². The summed E-state index contributed by atoms with van der Waals surface area (Å²) >= 11 is 6.81. The summed E-state index contributed by atoms with van der Waals surface area (Å²) < 4.78 is 0.641. The fraction of sp³-hybridized carbons (Fsp3) is 0.200. The zero-order valence-electron chi connectivity index (χ0n) is 8.00. The second kappa shape index (κ2) is 3.63. The maximum Gasteiger partial charge on any atom is 0.130 e. The highest BCUT2D eigenvalue weighted by Gasteiger charge is 2.03. The van der Waals surface area contributed by atoms with E-state index in [1.54, 1.807) is 11.3 Å². The molecule has 2 rings (SSSR count). The molecule has 1 N–H and O–H groups in total. The van der Waals surface area contributed by atoms with E-state index in [0.29, 0.717) is 4.64 Å². The Morgan fingerprint density at radius 1 is 1.43 bits per heavy atom. The van der Waals surface area contributed by atoms with Gasteiger partial charge in [0.1, 0.15) is 10.5 Å². The van der Waals surface area contributed by atoms with Crippen LogP contribution in [0.25, 0.3) is 11.3 Å². The van der Waals surface area contributed by atoms with Crippen LogP contribution >= 0.6 is 23.6 Å². The lowest BCUT2D eigenvalue weighted by atomic mass is 10.2. The van der Waals surface area contributed by atoms with Gasteiger partial charge in [0, 0.05) is 10.4 Å². The quantitative estimate of drug-likeness (QED) is 0.748. The molecule has 0 spiro atoms. The SMILES string of the molecule is Cc1nc(=S)cc(-c2ccsc2C)[nH]1. The molecule has 0 bridgehead atoms. The smallest absolute Gasteiger partial charge is 0.130 e. The van der Waals surface area contributed by atoms with Gasteiger partial charge < -0.3 is 4.98 Å². The summed E-state index contributed by atoms with van der Waals surface area (Å²) in [5.41, 5.74) is 2.27. The molecule has 0 fully saturated rings. The fourth-order valence-corrected chi connectivity index (χ4v) is 2.36. The van der Waals surface area contributed by atoms with E-state index in [1.807, 2.05) is 13.0 Å². The minimum Gasteiger partial charge on any atom is -0.343 e. The van der Waals surface area contributed by atoms with E-state index in [1.165, 1.54) is 10.4 Å². The topological polar surface area (TPSA) is 28.7 Å². The van der Waals surface area contributed by atoms with Gasteiger partial charge in [0.25, 0.3) is 0 Å². The number of nitrogens with one attached hydrogen (secondary N) is 1. The van der Waals surface area contributed by atoms with Gasteiger partial charge in [0.15, 0.2) is 0 Å². The maximum atomic E-state index is 5.08. The molecule has 0 radical (unpaired) electrons. The third-order valence-corrected chi connectivity index (χ3v) is 3.07. The highest BCUT2D eigenvalue weighted by molar-refractivity contribution is 7.71. The number of rotatable bonds is 1. The Kier molecular flexibility index (Phi) is 2.48. The minimum atomic E-state index is 0.641. The van der Waals surface area contributed by atoms with Crippen LogP contribution in [0.4, 0.5) is 0 Å². The van der Waals surface area contributed by atoms with Crippen LogP contribution in [0.3, 0.4) is 0 Å². The van der Waals surface area contributed by atoms with E-state index in [4.69, 9.17) is 12.2 Å². The first-order valence-corrected chi connectivity index (χ1v) is 5.58. The van der Waals surface area contributed by atoms with E-state index in [-0.39, 0.29) is 0 Å². The Labute approximate surface area is 91.7 Å². The van der Waals surface area contributed by atoms with Crippen LogP contribution in [0.2, 0.25) is 0 Å². The standard InChI is InChI=1S/C10H10N2S2/c1-6-8(3-4-14-6)9-5-10(13)12-7(2)11-9/h3-5H,1-2H3,(H,11,12,13). The minimum absolute atomic E-state index is 0.641. The molecule has 0 aliphatic heterocycles. The first-order valence-electron chi connectivity index (χ1n) is 4.29. The predicted octanol–water partition coefficient (Wildman–Crippen LogP) is 3.48. The molecule has 0 saturated heterocycles. The van der Waals surface area contributed by atoms with Gasteiger partial charge in [-0.25, -0.2) is 4.98 Å². The molecule has 2 heterocycles. The lowest BCUT2D eigenvalue weighted by molar-refractivity contribution is 1.05. The van der Waals surface area contributed by atoms with Crippen molar-refractivity contribution in [2.24, 2.45) is 0 Å². The number of aromatic nitrogens is 2. The van der Waals surface area contributed by atoms with Gasteiger partial charge in [0.2, 0.25) is 0 Å². The Bertz CT molecular complexity index is 511. The maximum absolute atomic E-state index is 5.08. The summed E-state index contributed by atoms with van der Waals surface area (Å²) in [6.45, 7) is 4.02. The second-order valence-corrected chi connectivity index (χ2v) is 4.65. The molecule has 0 unspecified atom stereocenters. The summed E-state index contributed by atoms with van der Waals surface area (Å²) in [4.78, 5) is 8.65. The van der Waals surface area contributed by atoms with Gasteiger partial charge in [-0.1, -0.05) is 12.2 Å². The summed E-state index contributed by atoms with van der Waals surface area (Å²) in [5, 5.41) is 2.08. The summed E-state index contributed by atoms with van der Waals surface area (Å²) in [7, 11) is 0. The molecule has 0 aromatic carbocycles. The van der Waals surface area contributed by atoms with Crippen molar-refractivity contribution in [2.45, 2.75) is 13.8 Å². The van der Waals surface area contributed by atoms with E-state index in [2.05, 4.69) is 28.3 Å². The highest BCUT2D eigenvalue weighted by atomic mass is 32.1. The molecule has 2 nitrogen and oxygen atoms in total. The third kappa shape index (κ3) is 1.76. The van der Waals surface area contributed by atoms with Crippen molar-refractivity contribution in [2.75, 3.05) is 0 Å². The first-order chi connectivity index (χ1) is 6.66. The number of aromatic amines is 1. The van der Waals surface area contributed by atoms with Crippen LogP contribution in [0.1, 0.15) is 10.7 Å². The van der Waals surface area contributed by atoms with E-state index < -0.39 is 0 Å². The zero-order chi connectivity index (χ0) is 10.1. The largest absolute Gasteiger partial charge is 0.343 e. The van der Waals surface area contributed by atoms with Crippen molar-refractivity contribution in [3.05, 3.63) is 32.9 Å². The Morgan fingerprint density at radius 2 is 2.21 bits per heavy atom. The van der Waals surface area contributed by atoms with Crippen molar-refractivity contribution < 1.29 is 0 Å². The highest BCUT2D eigenvalue weighted by Crippen LogP contribution is 2.25. The van der Waals surface area contributed by atoms with Crippen molar-refractivity contribution in [1.29, 1.82) is 0 Å². The Hall–Kier alpha value is -1.00. The van der Waals surface area contributed by atoms with Gasteiger partial charge in [-0.3, -0.25) is 0 Å². The Morgan fingerprint density at radius 3 is 2.79 bits per heavy atom. The molecule has 0 aliphatic rings. The molecule has 0 aliphatic carbocycles. The fourth-order valence-electron chi connectivity index (χ4n) is 1.39. The van der Waals surface area contributed by atoms with E-state index in [0.717, 1.165) is 11.5 Å². The average Bonchev–Trinajstić information content (AvgIpc) is 2.49. The van der Waals surface area contributed by atoms with Crippen LogP contribution in [0.15, 0.2) is 17.5 Å². The summed E-state index contributed by atoms with van der Waals surface area (Å²) in [6, 6.07) is 4.00. The molecule has 2 aromatic heterocycles. The van der Waals surface area contributed by atoms with Gasteiger partial charge in [0.05, 0.1) is 5.69 Å². The van der Waals surface area contributed by atoms with Crippen LogP contribution in [-0.4, -0.2) is 9.97 Å². The normalized spacial score (nSPS) is 10.4. The van der Waals surface area contributed by atoms with Gasteiger partial charge in [-0.15, -0.1) is 11.3 Å². The Balaban J connectivity index is 2.63. The molecule has 4 heteroatoms. The molecule has 0 saturated carbocycles. The van der Waals surface area contributed by atoms with Crippen molar-refractivity contribution in [3.8, 4) is 11.3 Å². The third-order valence-electron chi connectivity index (χ3n) is 2.01. The van der Waals surface area contributed by atoms with Gasteiger partial charge in [-0.05, 0) is 31.4 Å². The molecule has 14 heavy (non-hydrogen) atoms. The summed E-state index contributed by atoms with van der Waals surface area (Å²) in [6.07, 6.45) is 0. The number of hydrogen-bond acceptors (Lipinski definition) is 3. The monoisotopic (exact) mass is 222 g/mol. The van der Waals surface area contributed by atoms with Crippen molar-refractivity contribution >= 4 is 23.6 Å². The van der Waals surface area contributed by atoms with Crippen LogP contribution < -0.4 is 0 Å². The van der Waals surface area contributed by atoms with Gasteiger partial charge in [-0.2, -0.15) is 0 Å². The van der Waals surface area contributed by atoms with E-state index >= 15 is 0 Å². The molecule has 0 amide bonds. The molecular weight excluding hydrogens is 212 g/mol. The number of H-pyrrole nitrogens is 1. The number of aryl methyl sites for hydroxylation is 2. The van der Waals surface area contributed by atoms with Crippen LogP contribution in [-0.2, 0) is 0 Å². The predicted molar refractivity (Wildman–Crippen MR) is 62.2 cm³/mol. The first kappa shape index (κ1) is 9.55. The van der Waals surface area contributed by atoms with Crippen LogP contribution in [0.5, 0.6) is 0 Å². The van der Waals surface area contributed by atoms with Crippen molar-refractivity contribution in [1.82, 2.24) is 9.97 Å².